The van der Waals surface area contributed by atoms with E-state index in [2.05, 4.69) is 4.98 Å². The SMILES string of the molecule is Cn1ccnc1-c1cc(N)cc(F)c1. The van der Waals surface area contributed by atoms with Crippen molar-refractivity contribution in [1.82, 2.24) is 9.55 Å². The third-order valence-electron chi connectivity index (χ3n) is 2.00. The summed E-state index contributed by atoms with van der Waals surface area (Å²) >= 11 is 0. The number of benzene rings is 1. The lowest BCUT2D eigenvalue weighted by Gasteiger charge is -2.03. The van der Waals surface area contributed by atoms with Crippen LogP contribution in [0.4, 0.5) is 10.1 Å². The van der Waals surface area contributed by atoms with Crippen molar-refractivity contribution in [2.75, 3.05) is 5.73 Å². The van der Waals surface area contributed by atoms with Crippen molar-refractivity contribution >= 4 is 5.69 Å². The first-order chi connectivity index (χ1) is 6.66. The maximum Gasteiger partial charge on any atom is 0.139 e. The number of imidazole rings is 1. The molecule has 0 aliphatic rings. The highest BCUT2D eigenvalue weighted by atomic mass is 19.1. The fraction of sp³-hybridized carbons (Fsp3) is 0.100. The predicted molar refractivity (Wildman–Crippen MR) is 53.0 cm³/mol. The Hall–Kier alpha value is -1.84. The molecular weight excluding hydrogens is 181 g/mol. The lowest BCUT2D eigenvalue weighted by atomic mass is 10.2. The zero-order valence-corrected chi connectivity index (χ0v) is 7.74. The average molecular weight is 191 g/mol. The van der Waals surface area contributed by atoms with Crippen LogP contribution in [0.15, 0.2) is 30.6 Å². The molecule has 0 aliphatic carbocycles. The van der Waals surface area contributed by atoms with Crippen molar-refractivity contribution in [3.8, 4) is 11.4 Å². The number of rotatable bonds is 1. The van der Waals surface area contributed by atoms with Crippen molar-refractivity contribution in [3.05, 3.63) is 36.4 Å². The van der Waals surface area contributed by atoms with Gasteiger partial charge in [0.15, 0.2) is 0 Å². The highest BCUT2D eigenvalue weighted by Gasteiger charge is 2.05. The molecule has 0 saturated carbocycles. The third kappa shape index (κ3) is 1.46. The summed E-state index contributed by atoms with van der Waals surface area (Å²) in [6, 6.07) is 4.40. The molecular formula is C10H10FN3. The van der Waals surface area contributed by atoms with Crippen LogP contribution in [0.25, 0.3) is 11.4 Å². The van der Waals surface area contributed by atoms with Crippen LogP contribution >= 0.6 is 0 Å². The molecule has 72 valence electrons. The lowest BCUT2D eigenvalue weighted by molar-refractivity contribution is 0.628. The van der Waals surface area contributed by atoms with Crippen LogP contribution in [-0.2, 0) is 7.05 Å². The molecule has 0 amide bonds. The van der Waals surface area contributed by atoms with Crippen molar-refractivity contribution in [2.24, 2.45) is 7.05 Å². The molecule has 4 heteroatoms. The Morgan fingerprint density at radius 1 is 1.36 bits per heavy atom. The van der Waals surface area contributed by atoms with Crippen molar-refractivity contribution in [1.29, 1.82) is 0 Å². The van der Waals surface area contributed by atoms with Crippen LogP contribution in [0.3, 0.4) is 0 Å². The lowest BCUT2D eigenvalue weighted by Crippen LogP contribution is -1.94. The molecule has 2 rings (SSSR count). The maximum absolute atomic E-state index is 13.0. The summed E-state index contributed by atoms with van der Waals surface area (Å²) in [7, 11) is 1.85. The monoisotopic (exact) mass is 191 g/mol. The van der Waals surface area contributed by atoms with E-state index in [9.17, 15) is 4.39 Å². The highest BCUT2D eigenvalue weighted by molar-refractivity contribution is 5.61. The molecule has 0 spiro atoms. The first kappa shape index (κ1) is 8.74. The normalized spacial score (nSPS) is 10.4. The Bertz CT molecular complexity index is 442. The van der Waals surface area contributed by atoms with E-state index in [1.807, 2.05) is 11.6 Å². The zero-order chi connectivity index (χ0) is 10.1. The molecule has 2 N–H and O–H groups in total. The predicted octanol–water partition coefficient (Wildman–Crippen LogP) is 1.81. The van der Waals surface area contributed by atoms with Gasteiger partial charge in [0, 0.05) is 30.7 Å². The number of aromatic nitrogens is 2. The maximum atomic E-state index is 13.0. The number of hydrogen-bond acceptors (Lipinski definition) is 2. The summed E-state index contributed by atoms with van der Waals surface area (Å²) in [6.45, 7) is 0. The van der Waals surface area contributed by atoms with Crippen LogP contribution < -0.4 is 5.73 Å². The zero-order valence-electron chi connectivity index (χ0n) is 7.74. The second kappa shape index (κ2) is 3.14. The van der Waals surface area contributed by atoms with Crippen molar-refractivity contribution in [3.63, 3.8) is 0 Å². The molecule has 0 aliphatic heterocycles. The van der Waals surface area contributed by atoms with Crippen molar-refractivity contribution < 1.29 is 4.39 Å². The summed E-state index contributed by atoms with van der Waals surface area (Å²) in [5, 5.41) is 0. The molecule has 0 saturated heterocycles. The molecule has 0 unspecified atom stereocenters. The molecule has 0 fully saturated rings. The number of anilines is 1. The fourth-order valence-electron chi connectivity index (χ4n) is 1.39. The van der Waals surface area contributed by atoms with Crippen molar-refractivity contribution in [2.45, 2.75) is 0 Å². The molecule has 0 atom stereocenters. The van der Waals surface area contributed by atoms with Crippen LogP contribution in [-0.4, -0.2) is 9.55 Å². The number of nitrogens with zero attached hydrogens (tertiary/aromatic N) is 2. The third-order valence-corrected chi connectivity index (χ3v) is 2.00. The summed E-state index contributed by atoms with van der Waals surface area (Å²) in [4.78, 5) is 4.11. The molecule has 1 aromatic heterocycles. The minimum atomic E-state index is -0.344. The van der Waals surface area contributed by atoms with Gasteiger partial charge in [-0.15, -0.1) is 0 Å². The average Bonchev–Trinajstić information content (AvgIpc) is 2.49. The minimum absolute atomic E-state index is 0.344. The fourth-order valence-corrected chi connectivity index (χ4v) is 1.39. The second-order valence-corrected chi connectivity index (χ2v) is 3.13. The largest absolute Gasteiger partial charge is 0.399 e. The molecule has 2 aromatic rings. The van der Waals surface area contributed by atoms with Gasteiger partial charge < -0.3 is 10.3 Å². The van der Waals surface area contributed by atoms with Gasteiger partial charge in [0.1, 0.15) is 11.6 Å². The Labute approximate surface area is 81.0 Å². The van der Waals surface area contributed by atoms with Gasteiger partial charge in [-0.3, -0.25) is 0 Å². The smallest absolute Gasteiger partial charge is 0.139 e. The van der Waals surface area contributed by atoms with E-state index in [-0.39, 0.29) is 5.82 Å². The Morgan fingerprint density at radius 3 is 2.71 bits per heavy atom. The quantitative estimate of drug-likeness (QED) is 0.698. The summed E-state index contributed by atoms with van der Waals surface area (Å²) in [6.07, 6.45) is 3.47. The standard InChI is InChI=1S/C10H10FN3/c1-14-3-2-13-10(14)7-4-8(11)6-9(12)5-7/h2-6H,12H2,1H3. The number of nitrogens with two attached hydrogens (primary N) is 1. The molecule has 0 bridgehead atoms. The number of aryl methyl sites for hydroxylation is 1. The molecule has 1 aromatic carbocycles. The van der Waals surface area contributed by atoms with Gasteiger partial charge in [-0.05, 0) is 18.2 Å². The first-order valence-electron chi connectivity index (χ1n) is 4.20. The van der Waals surface area contributed by atoms with Crippen LogP contribution in [0.5, 0.6) is 0 Å². The first-order valence-corrected chi connectivity index (χ1v) is 4.20. The number of hydrogen-bond donors (Lipinski definition) is 1. The number of halogens is 1. The Morgan fingerprint density at radius 2 is 2.14 bits per heavy atom. The van der Waals surface area contributed by atoms with Gasteiger partial charge >= 0.3 is 0 Å². The molecule has 1 heterocycles. The van der Waals surface area contributed by atoms with E-state index in [1.165, 1.54) is 12.1 Å². The van der Waals surface area contributed by atoms with E-state index in [1.54, 1.807) is 18.5 Å². The molecule has 3 nitrogen and oxygen atoms in total. The summed E-state index contributed by atoms with van der Waals surface area (Å²) in [5.41, 5.74) is 6.63. The van der Waals surface area contributed by atoms with Gasteiger partial charge in [0.2, 0.25) is 0 Å². The van der Waals surface area contributed by atoms with Crippen LogP contribution in [0.2, 0.25) is 0 Å². The Kier molecular flexibility index (Phi) is 1.96. The summed E-state index contributed by atoms with van der Waals surface area (Å²) in [5.74, 6) is 0.360. The molecule has 0 radical (unpaired) electrons. The van der Waals surface area contributed by atoms with E-state index < -0.39 is 0 Å². The van der Waals surface area contributed by atoms with Gasteiger partial charge in [-0.2, -0.15) is 0 Å². The minimum Gasteiger partial charge on any atom is -0.399 e. The van der Waals surface area contributed by atoms with E-state index in [0.717, 1.165) is 0 Å². The van der Waals surface area contributed by atoms with Gasteiger partial charge in [-0.25, -0.2) is 9.37 Å². The second-order valence-electron chi connectivity index (χ2n) is 3.13. The van der Waals surface area contributed by atoms with Gasteiger partial charge in [0.05, 0.1) is 0 Å². The van der Waals surface area contributed by atoms with Crippen LogP contribution in [0, 0.1) is 5.82 Å². The van der Waals surface area contributed by atoms with Gasteiger partial charge in [-0.1, -0.05) is 0 Å². The van der Waals surface area contributed by atoms with E-state index in [4.69, 9.17) is 5.73 Å². The van der Waals surface area contributed by atoms with E-state index in [0.29, 0.717) is 17.1 Å². The van der Waals surface area contributed by atoms with E-state index >= 15 is 0 Å². The Balaban J connectivity index is 2.57. The number of nitrogen functional groups attached to an aromatic ring is 1. The topological polar surface area (TPSA) is 43.8 Å². The van der Waals surface area contributed by atoms with Crippen LogP contribution in [0.1, 0.15) is 0 Å². The van der Waals surface area contributed by atoms with Gasteiger partial charge in [0.25, 0.3) is 0 Å². The highest BCUT2D eigenvalue weighted by Crippen LogP contribution is 2.20. The summed E-state index contributed by atoms with van der Waals surface area (Å²) < 4.78 is 14.8. The molecule has 14 heavy (non-hydrogen) atoms.